The lowest BCUT2D eigenvalue weighted by molar-refractivity contribution is 0.100. The van der Waals surface area contributed by atoms with Crippen molar-refractivity contribution in [2.75, 3.05) is 13.1 Å². The zero-order valence-electron chi connectivity index (χ0n) is 11.7. The van der Waals surface area contributed by atoms with Crippen LogP contribution in [0, 0.1) is 17.3 Å². The summed E-state index contributed by atoms with van der Waals surface area (Å²) in [4.78, 5) is 0. The van der Waals surface area contributed by atoms with E-state index in [1.165, 1.54) is 38.8 Å². The summed E-state index contributed by atoms with van der Waals surface area (Å²) in [5, 5.41) is 3.62. The number of piperidine rings is 1. The second-order valence-electron chi connectivity index (χ2n) is 6.77. The molecule has 1 fully saturated rings. The minimum Gasteiger partial charge on any atom is -0.316 e. The molecule has 3 rings (SSSR count). The number of hydrogen-bond donors (Lipinski definition) is 1. The highest BCUT2D eigenvalue weighted by atomic mass is 14.9. The van der Waals surface area contributed by atoms with Crippen LogP contribution in [0.1, 0.15) is 37.8 Å². The molecule has 1 saturated heterocycles. The molecular weight excluding hydrogens is 218 g/mol. The lowest BCUT2D eigenvalue weighted by Crippen LogP contribution is -2.46. The molecule has 1 heteroatoms. The van der Waals surface area contributed by atoms with Gasteiger partial charge in [-0.2, -0.15) is 0 Å². The molecule has 0 aromatic heterocycles. The summed E-state index contributed by atoms with van der Waals surface area (Å²) in [6, 6.07) is 9.10. The van der Waals surface area contributed by atoms with Crippen molar-refractivity contribution in [3.05, 3.63) is 35.4 Å². The summed E-state index contributed by atoms with van der Waals surface area (Å²) < 4.78 is 0. The van der Waals surface area contributed by atoms with E-state index < -0.39 is 0 Å². The average molecular weight is 243 g/mol. The maximum Gasteiger partial charge on any atom is -0.00149 e. The zero-order chi connectivity index (χ0) is 12.6. The van der Waals surface area contributed by atoms with E-state index in [-0.39, 0.29) is 0 Å². The van der Waals surface area contributed by atoms with Crippen LogP contribution in [0.4, 0.5) is 0 Å². The maximum absolute atomic E-state index is 3.62. The normalized spacial score (nSPS) is 25.6. The van der Waals surface area contributed by atoms with Crippen LogP contribution < -0.4 is 5.32 Å². The highest BCUT2D eigenvalue weighted by Gasteiger charge is 2.44. The summed E-state index contributed by atoms with van der Waals surface area (Å²) in [6.07, 6.45) is 5.38. The summed E-state index contributed by atoms with van der Waals surface area (Å²) in [6.45, 7) is 7.17. The van der Waals surface area contributed by atoms with Crippen LogP contribution in [0.5, 0.6) is 0 Å². The van der Waals surface area contributed by atoms with E-state index in [1.54, 1.807) is 11.1 Å². The van der Waals surface area contributed by atoms with Gasteiger partial charge in [0, 0.05) is 0 Å². The minimum atomic E-state index is 0.569. The fourth-order valence-corrected chi connectivity index (χ4v) is 4.13. The quantitative estimate of drug-likeness (QED) is 0.839. The first-order valence-corrected chi connectivity index (χ1v) is 7.47. The maximum atomic E-state index is 3.62. The van der Waals surface area contributed by atoms with E-state index in [1.807, 2.05) is 0 Å². The van der Waals surface area contributed by atoms with Crippen LogP contribution in [-0.4, -0.2) is 13.1 Å². The Hall–Kier alpha value is -0.820. The Morgan fingerprint density at radius 3 is 2.50 bits per heavy atom. The Kier molecular flexibility index (Phi) is 3.19. The van der Waals surface area contributed by atoms with Crippen LogP contribution in [-0.2, 0) is 12.8 Å². The lowest BCUT2D eigenvalue weighted by Gasteiger charge is -2.43. The van der Waals surface area contributed by atoms with Gasteiger partial charge in [0.2, 0.25) is 0 Å². The van der Waals surface area contributed by atoms with Gasteiger partial charge in [-0.05, 0) is 67.2 Å². The molecule has 1 spiro atoms. The van der Waals surface area contributed by atoms with Crippen LogP contribution in [0.2, 0.25) is 0 Å². The predicted molar refractivity (Wildman–Crippen MR) is 76.7 cm³/mol. The molecular formula is C17H25N. The third-order valence-electron chi connectivity index (χ3n) is 5.02. The summed E-state index contributed by atoms with van der Waals surface area (Å²) in [5.41, 5.74) is 3.81. The van der Waals surface area contributed by atoms with E-state index in [9.17, 15) is 0 Å². The largest absolute Gasteiger partial charge is 0.316 e. The minimum absolute atomic E-state index is 0.569. The van der Waals surface area contributed by atoms with Gasteiger partial charge in [0.25, 0.3) is 0 Å². The van der Waals surface area contributed by atoms with Gasteiger partial charge in [-0.1, -0.05) is 38.1 Å². The Bertz CT molecular complexity index is 396. The fraction of sp³-hybridized carbons (Fsp3) is 0.647. The van der Waals surface area contributed by atoms with E-state index in [4.69, 9.17) is 0 Å². The second kappa shape index (κ2) is 4.70. The van der Waals surface area contributed by atoms with Crippen molar-refractivity contribution in [2.45, 2.75) is 39.5 Å². The first-order valence-electron chi connectivity index (χ1n) is 7.47. The number of rotatable bonds is 2. The summed E-state index contributed by atoms with van der Waals surface area (Å²) in [7, 11) is 0. The Labute approximate surface area is 111 Å². The van der Waals surface area contributed by atoms with Crippen molar-refractivity contribution in [3.8, 4) is 0 Å². The van der Waals surface area contributed by atoms with Gasteiger partial charge in [-0.15, -0.1) is 0 Å². The first kappa shape index (κ1) is 12.2. The lowest BCUT2D eigenvalue weighted by atomic mass is 9.66. The average Bonchev–Trinajstić information content (AvgIpc) is 2.70. The van der Waals surface area contributed by atoms with Gasteiger partial charge in [-0.3, -0.25) is 0 Å². The standard InChI is InChI=1S/C17H25N/c1-13(2)9-16-12-18-8-7-17(16)10-14-5-3-4-6-15(14)11-17/h3-6,13,16,18H,7-12H2,1-2H3. The van der Waals surface area contributed by atoms with Crippen molar-refractivity contribution >= 4 is 0 Å². The summed E-state index contributed by atoms with van der Waals surface area (Å²) >= 11 is 0. The SMILES string of the molecule is CC(C)CC1CNCCC12Cc1ccccc1C2. The Balaban J connectivity index is 1.85. The third-order valence-corrected chi connectivity index (χ3v) is 5.02. The fourth-order valence-electron chi connectivity index (χ4n) is 4.13. The van der Waals surface area contributed by atoms with Gasteiger partial charge in [-0.25, -0.2) is 0 Å². The van der Waals surface area contributed by atoms with Crippen molar-refractivity contribution in [3.63, 3.8) is 0 Å². The molecule has 1 N–H and O–H groups in total. The van der Waals surface area contributed by atoms with Gasteiger partial charge in [0.05, 0.1) is 0 Å². The van der Waals surface area contributed by atoms with E-state index in [0.717, 1.165) is 11.8 Å². The molecule has 1 unspecified atom stereocenters. The monoisotopic (exact) mass is 243 g/mol. The molecule has 1 aromatic carbocycles. The van der Waals surface area contributed by atoms with Crippen molar-refractivity contribution in [2.24, 2.45) is 17.3 Å². The van der Waals surface area contributed by atoms with Crippen molar-refractivity contribution < 1.29 is 0 Å². The Morgan fingerprint density at radius 2 is 1.89 bits per heavy atom. The van der Waals surface area contributed by atoms with Gasteiger partial charge in [0.1, 0.15) is 0 Å². The molecule has 1 heterocycles. The highest BCUT2D eigenvalue weighted by molar-refractivity contribution is 5.35. The van der Waals surface area contributed by atoms with E-state index in [0.29, 0.717) is 5.41 Å². The molecule has 0 bridgehead atoms. The molecule has 98 valence electrons. The molecule has 18 heavy (non-hydrogen) atoms. The number of benzene rings is 1. The molecule has 1 aromatic rings. The molecule has 2 aliphatic rings. The highest BCUT2D eigenvalue weighted by Crippen LogP contribution is 2.48. The van der Waals surface area contributed by atoms with Gasteiger partial charge >= 0.3 is 0 Å². The van der Waals surface area contributed by atoms with Crippen LogP contribution in [0.25, 0.3) is 0 Å². The number of nitrogens with one attached hydrogen (secondary N) is 1. The zero-order valence-corrected chi connectivity index (χ0v) is 11.7. The smallest absolute Gasteiger partial charge is 0.00149 e. The number of hydrogen-bond acceptors (Lipinski definition) is 1. The number of fused-ring (bicyclic) bond motifs is 1. The molecule has 1 nitrogen and oxygen atoms in total. The summed E-state index contributed by atoms with van der Waals surface area (Å²) in [5.74, 6) is 1.68. The second-order valence-corrected chi connectivity index (χ2v) is 6.77. The Morgan fingerprint density at radius 1 is 1.22 bits per heavy atom. The van der Waals surface area contributed by atoms with Crippen LogP contribution in [0.15, 0.2) is 24.3 Å². The van der Waals surface area contributed by atoms with E-state index >= 15 is 0 Å². The molecule has 0 radical (unpaired) electrons. The first-order chi connectivity index (χ1) is 8.70. The predicted octanol–water partition coefficient (Wildman–Crippen LogP) is 3.43. The van der Waals surface area contributed by atoms with Crippen molar-refractivity contribution in [1.29, 1.82) is 0 Å². The van der Waals surface area contributed by atoms with E-state index in [2.05, 4.69) is 43.4 Å². The van der Waals surface area contributed by atoms with Gasteiger partial charge in [0.15, 0.2) is 0 Å². The van der Waals surface area contributed by atoms with Gasteiger partial charge < -0.3 is 5.32 Å². The van der Waals surface area contributed by atoms with Crippen molar-refractivity contribution in [1.82, 2.24) is 5.32 Å². The molecule has 1 aliphatic carbocycles. The third kappa shape index (κ3) is 2.09. The topological polar surface area (TPSA) is 12.0 Å². The molecule has 0 saturated carbocycles. The van der Waals surface area contributed by atoms with Crippen LogP contribution in [0.3, 0.4) is 0 Å². The van der Waals surface area contributed by atoms with Crippen LogP contribution >= 0.6 is 0 Å². The molecule has 0 amide bonds. The molecule has 1 aliphatic heterocycles. The molecule has 1 atom stereocenters.